The zero-order chi connectivity index (χ0) is 24.0. The van der Waals surface area contributed by atoms with E-state index in [1.807, 2.05) is 17.0 Å². The lowest BCUT2D eigenvalue weighted by molar-refractivity contribution is -0.120. The molecule has 1 aliphatic rings. The molecule has 1 amide bonds. The highest BCUT2D eigenvalue weighted by Crippen LogP contribution is 2.32. The summed E-state index contributed by atoms with van der Waals surface area (Å²) in [6, 6.07) is 12.8. The molecule has 1 fully saturated rings. The molecule has 0 aromatic carbocycles. The van der Waals surface area contributed by atoms with Crippen LogP contribution in [0.15, 0.2) is 70.1 Å². The number of rotatable bonds is 7. The van der Waals surface area contributed by atoms with Gasteiger partial charge in [-0.1, -0.05) is 0 Å². The molecule has 35 heavy (non-hydrogen) atoms. The first-order valence-corrected chi connectivity index (χ1v) is 11.2. The number of oxazole rings is 1. The monoisotopic (exact) mass is 470 g/mol. The van der Waals surface area contributed by atoms with Gasteiger partial charge in [0.05, 0.1) is 6.26 Å². The number of nitrogens with one attached hydrogen (secondary N) is 1. The molecule has 0 saturated carbocycles. The molecule has 4 aromatic heterocycles. The first-order valence-electron chi connectivity index (χ1n) is 11.2. The molecule has 1 saturated heterocycles. The smallest absolute Gasteiger partial charge is 0.266 e. The Morgan fingerprint density at radius 3 is 2.74 bits per heavy atom. The van der Waals surface area contributed by atoms with Gasteiger partial charge in [-0.3, -0.25) is 9.78 Å². The van der Waals surface area contributed by atoms with E-state index in [0.29, 0.717) is 55.7 Å². The Morgan fingerprint density at radius 1 is 1.17 bits per heavy atom. The average molecular weight is 470 g/mol. The summed E-state index contributed by atoms with van der Waals surface area (Å²) in [4.78, 5) is 27.4. The molecule has 0 unspecified atom stereocenters. The number of hydrogen-bond acceptors (Lipinski definition) is 9. The quantitative estimate of drug-likeness (QED) is 0.425. The van der Waals surface area contributed by atoms with Crippen LogP contribution >= 0.6 is 0 Å². The van der Waals surface area contributed by atoms with Gasteiger partial charge in [-0.15, -0.1) is 0 Å². The second-order valence-corrected chi connectivity index (χ2v) is 8.01. The molecule has 1 N–H and O–H groups in total. The fraction of sp³-hybridized carbons (Fsp3) is 0.240. The van der Waals surface area contributed by atoms with Crippen molar-refractivity contribution in [2.75, 3.05) is 23.3 Å². The number of ether oxygens (including phenoxy) is 1. The van der Waals surface area contributed by atoms with Gasteiger partial charge in [0.15, 0.2) is 17.3 Å². The lowest BCUT2D eigenvalue weighted by Crippen LogP contribution is -2.38. The molecular weight excluding hydrogens is 448 g/mol. The van der Waals surface area contributed by atoms with Crippen LogP contribution in [-0.4, -0.2) is 33.9 Å². The SMILES string of the molecule is N#Cc1nc(-c2ccco2)oc1N1CCC(C(=O)Nc2ncccc2OCc2ccncc2)CC1. The van der Waals surface area contributed by atoms with Crippen molar-refractivity contribution in [3.05, 3.63) is 72.5 Å². The lowest BCUT2D eigenvalue weighted by atomic mass is 9.96. The molecule has 5 heterocycles. The van der Waals surface area contributed by atoms with Crippen molar-refractivity contribution in [1.29, 1.82) is 5.26 Å². The van der Waals surface area contributed by atoms with Crippen molar-refractivity contribution in [1.82, 2.24) is 15.0 Å². The zero-order valence-electron chi connectivity index (χ0n) is 18.8. The summed E-state index contributed by atoms with van der Waals surface area (Å²) in [6.07, 6.45) is 7.72. The number of hydrogen-bond donors (Lipinski definition) is 1. The van der Waals surface area contributed by atoms with Crippen molar-refractivity contribution in [2.45, 2.75) is 19.4 Å². The normalized spacial score (nSPS) is 13.9. The zero-order valence-corrected chi connectivity index (χ0v) is 18.8. The topological polar surface area (TPSA) is 130 Å². The lowest BCUT2D eigenvalue weighted by Gasteiger charge is -2.30. The maximum absolute atomic E-state index is 13.0. The molecule has 0 spiro atoms. The first kappa shape index (κ1) is 22.2. The molecule has 10 nitrogen and oxygen atoms in total. The predicted octanol–water partition coefficient (Wildman–Crippen LogP) is 4.03. The van der Waals surface area contributed by atoms with E-state index in [-0.39, 0.29) is 23.4 Å². The second kappa shape index (κ2) is 10.1. The van der Waals surface area contributed by atoms with Crippen molar-refractivity contribution in [3.63, 3.8) is 0 Å². The Hall–Kier alpha value is -4.65. The molecule has 176 valence electrons. The molecule has 1 aliphatic heterocycles. The van der Waals surface area contributed by atoms with Gasteiger partial charge in [0, 0.05) is 37.6 Å². The van der Waals surface area contributed by atoms with Crippen LogP contribution in [0.25, 0.3) is 11.7 Å². The summed E-state index contributed by atoms with van der Waals surface area (Å²) in [5.74, 6) is 1.68. The van der Waals surface area contributed by atoms with Crippen LogP contribution < -0.4 is 15.0 Å². The number of pyridine rings is 2. The molecule has 0 aliphatic carbocycles. The molecule has 0 bridgehead atoms. The number of nitrogens with zero attached hydrogens (tertiary/aromatic N) is 5. The number of nitriles is 1. The van der Waals surface area contributed by atoms with Crippen LogP contribution in [0, 0.1) is 17.2 Å². The van der Waals surface area contributed by atoms with Crippen LogP contribution in [0.2, 0.25) is 0 Å². The first-order chi connectivity index (χ1) is 17.2. The van der Waals surface area contributed by atoms with Crippen molar-refractivity contribution in [3.8, 4) is 23.5 Å². The summed E-state index contributed by atoms with van der Waals surface area (Å²) in [5.41, 5.74) is 1.16. The van der Waals surface area contributed by atoms with Crippen molar-refractivity contribution < 1.29 is 18.4 Å². The fourth-order valence-corrected chi connectivity index (χ4v) is 3.91. The van der Waals surface area contributed by atoms with Gasteiger partial charge < -0.3 is 23.8 Å². The van der Waals surface area contributed by atoms with Crippen LogP contribution in [0.1, 0.15) is 24.1 Å². The van der Waals surface area contributed by atoms with Crippen molar-refractivity contribution in [2.24, 2.45) is 5.92 Å². The van der Waals surface area contributed by atoms with Gasteiger partial charge in [-0.05, 0) is 54.8 Å². The van der Waals surface area contributed by atoms with E-state index in [0.717, 1.165) is 5.56 Å². The third kappa shape index (κ3) is 4.99. The number of furan rings is 1. The average Bonchev–Trinajstić information content (AvgIpc) is 3.59. The number of carbonyl (C=O) groups excluding carboxylic acids is 1. The minimum absolute atomic E-state index is 0.119. The summed E-state index contributed by atoms with van der Waals surface area (Å²) < 4.78 is 17.0. The fourth-order valence-electron chi connectivity index (χ4n) is 3.91. The molecule has 5 rings (SSSR count). The Balaban J connectivity index is 1.20. The highest BCUT2D eigenvalue weighted by Gasteiger charge is 2.30. The standard InChI is InChI=1S/C25H22N6O4/c26-15-19-25(35-24(29-19)21-4-2-14-33-21)31-12-7-18(8-13-31)23(32)30-22-20(3-1-9-28-22)34-16-17-5-10-27-11-6-17/h1-6,9-11,14,18H,7-8,12-13,16H2,(H,28,30,32). The number of anilines is 2. The van der Waals surface area contributed by atoms with E-state index in [4.69, 9.17) is 13.6 Å². The molecular formula is C25H22N6O4. The maximum atomic E-state index is 13.0. The van der Waals surface area contributed by atoms with E-state index in [1.54, 1.807) is 42.9 Å². The number of aromatic nitrogens is 3. The van der Waals surface area contributed by atoms with E-state index in [1.165, 1.54) is 6.26 Å². The third-order valence-electron chi connectivity index (χ3n) is 5.76. The van der Waals surface area contributed by atoms with E-state index < -0.39 is 0 Å². The minimum atomic E-state index is -0.209. The van der Waals surface area contributed by atoms with Gasteiger partial charge in [-0.25, -0.2) is 4.98 Å². The second-order valence-electron chi connectivity index (χ2n) is 8.01. The largest absolute Gasteiger partial charge is 0.485 e. The van der Waals surface area contributed by atoms with E-state index in [2.05, 4.69) is 26.3 Å². The Morgan fingerprint density at radius 2 is 2.00 bits per heavy atom. The van der Waals surface area contributed by atoms with Crippen molar-refractivity contribution >= 4 is 17.6 Å². The minimum Gasteiger partial charge on any atom is -0.485 e. The number of amides is 1. The van der Waals surface area contributed by atoms with E-state index in [9.17, 15) is 10.1 Å². The van der Waals surface area contributed by atoms with Crippen LogP contribution in [-0.2, 0) is 11.4 Å². The summed E-state index contributed by atoms with van der Waals surface area (Å²) >= 11 is 0. The maximum Gasteiger partial charge on any atom is 0.266 e. The third-order valence-corrected chi connectivity index (χ3v) is 5.76. The van der Waals surface area contributed by atoms with Gasteiger partial charge in [0.2, 0.25) is 17.5 Å². The van der Waals surface area contributed by atoms with Gasteiger partial charge in [0.25, 0.3) is 5.89 Å². The van der Waals surface area contributed by atoms with Gasteiger partial charge in [0.1, 0.15) is 12.7 Å². The molecule has 10 heteroatoms. The highest BCUT2D eigenvalue weighted by molar-refractivity contribution is 5.93. The Bertz CT molecular complexity index is 1320. The van der Waals surface area contributed by atoms with Gasteiger partial charge >= 0.3 is 0 Å². The predicted molar refractivity (Wildman–Crippen MR) is 125 cm³/mol. The van der Waals surface area contributed by atoms with Gasteiger partial charge in [-0.2, -0.15) is 10.2 Å². The molecule has 0 radical (unpaired) electrons. The number of piperidine rings is 1. The summed E-state index contributed by atoms with van der Waals surface area (Å²) in [5, 5.41) is 12.4. The summed E-state index contributed by atoms with van der Waals surface area (Å²) in [6.45, 7) is 1.44. The highest BCUT2D eigenvalue weighted by atomic mass is 16.5. The van der Waals surface area contributed by atoms with Crippen LogP contribution in [0.5, 0.6) is 5.75 Å². The molecule has 4 aromatic rings. The molecule has 0 atom stereocenters. The van der Waals surface area contributed by atoms with Crippen LogP contribution in [0.3, 0.4) is 0 Å². The van der Waals surface area contributed by atoms with E-state index >= 15 is 0 Å². The summed E-state index contributed by atoms with van der Waals surface area (Å²) in [7, 11) is 0. The van der Waals surface area contributed by atoms with Crippen LogP contribution in [0.4, 0.5) is 11.7 Å². The Kier molecular flexibility index (Phi) is 6.39. The number of carbonyl (C=O) groups is 1. The Labute approximate surface area is 201 Å².